The minimum Gasteiger partial charge on any atom is -0.450 e. The minimum atomic E-state index is -0.751. The van der Waals surface area contributed by atoms with Crippen LogP contribution in [0.4, 0.5) is 10.2 Å². The van der Waals surface area contributed by atoms with Crippen LogP contribution in [0.1, 0.15) is 33.4 Å². The summed E-state index contributed by atoms with van der Waals surface area (Å²) in [6.45, 7) is 1.82. The number of hydrogen-bond acceptors (Lipinski definition) is 5. The second-order valence-electron chi connectivity index (χ2n) is 6.81. The number of anilines is 1. The maximum atomic E-state index is 13.8. The van der Waals surface area contributed by atoms with Gasteiger partial charge in [0.15, 0.2) is 5.43 Å². The van der Waals surface area contributed by atoms with Crippen LogP contribution in [0.15, 0.2) is 70.1 Å². The molecule has 1 atom stereocenters. The molecule has 29 heavy (non-hydrogen) atoms. The molecular formula is C22H14FN3O3. The summed E-state index contributed by atoms with van der Waals surface area (Å²) in [5.41, 5.74) is 1.30. The number of amides is 1. The van der Waals surface area contributed by atoms with Gasteiger partial charge in [0, 0.05) is 18.1 Å². The van der Waals surface area contributed by atoms with Gasteiger partial charge in [0.1, 0.15) is 17.2 Å². The van der Waals surface area contributed by atoms with Gasteiger partial charge in [-0.05, 0) is 55.0 Å². The van der Waals surface area contributed by atoms with Crippen LogP contribution in [-0.2, 0) is 0 Å². The third-order valence-corrected chi connectivity index (χ3v) is 4.97. The van der Waals surface area contributed by atoms with Gasteiger partial charge in [-0.3, -0.25) is 19.5 Å². The molecule has 0 fully saturated rings. The van der Waals surface area contributed by atoms with E-state index in [2.05, 4.69) is 9.97 Å². The fourth-order valence-corrected chi connectivity index (χ4v) is 3.71. The highest BCUT2D eigenvalue weighted by Gasteiger charge is 2.44. The van der Waals surface area contributed by atoms with Crippen LogP contribution >= 0.6 is 0 Å². The Kier molecular flexibility index (Phi) is 3.77. The number of fused-ring (bicyclic) bond motifs is 2. The molecule has 4 heterocycles. The van der Waals surface area contributed by atoms with Gasteiger partial charge in [-0.2, -0.15) is 0 Å². The lowest BCUT2D eigenvalue weighted by Crippen LogP contribution is -2.30. The highest BCUT2D eigenvalue weighted by molar-refractivity contribution is 6.10. The number of carbonyl (C=O) groups excluding carboxylic acids is 1. The normalized spacial score (nSPS) is 15.7. The van der Waals surface area contributed by atoms with Crippen molar-refractivity contribution in [2.45, 2.75) is 13.0 Å². The summed E-state index contributed by atoms with van der Waals surface area (Å²) in [6, 6.07) is 11.7. The topological polar surface area (TPSA) is 76.3 Å². The zero-order valence-electron chi connectivity index (χ0n) is 15.3. The van der Waals surface area contributed by atoms with Crippen LogP contribution in [0.2, 0.25) is 0 Å². The Hall–Kier alpha value is -3.87. The van der Waals surface area contributed by atoms with E-state index in [1.807, 2.05) is 13.0 Å². The molecule has 1 amide bonds. The standard InChI is InChI=1S/C22H14FN3O3/c1-12-3-2-4-17(25-12)26-19(13-7-9-24-10-8-13)18-20(27)15-11-14(23)5-6-16(15)29-21(18)22(26)28/h2-11,19H,1H3/t19-/m0/s1. The second-order valence-corrected chi connectivity index (χ2v) is 6.81. The molecule has 0 bridgehead atoms. The number of hydrogen-bond donors (Lipinski definition) is 0. The first-order valence-corrected chi connectivity index (χ1v) is 8.98. The summed E-state index contributed by atoms with van der Waals surface area (Å²) in [7, 11) is 0. The summed E-state index contributed by atoms with van der Waals surface area (Å²) >= 11 is 0. The average molecular weight is 387 g/mol. The lowest BCUT2D eigenvalue weighted by Gasteiger charge is -2.24. The molecule has 142 valence electrons. The number of nitrogens with zero attached hydrogens (tertiary/aromatic N) is 3. The summed E-state index contributed by atoms with van der Waals surface area (Å²) in [5, 5.41) is 0.0923. The van der Waals surface area contributed by atoms with Gasteiger partial charge in [0.2, 0.25) is 5.76 Å². The Morgan fingerprint density at radius 2 is 1.86 bits per heavy atom. The van der Waals surface area contributed by atoms with Crippen molar-refractivity contribution in [3.63, 3.8) is 0 Å². The fourth-order valence-electron chi connectivity index (χ4n) is 3.71. The highest BCUT2D eigenvalue weighted by atomic mass is 19.1. The molecule has 0 saturated heterocycles. The van der Waals surface area contributed by atoms with Gasteiger partial charge in [-0.1, -0.05) is 6.07 Å². The van der Waals surface area contributed by atoms with Crippen molar-refractivity contribution in [1.29, 1.82) is 0 Å². The molecule has 3 aromatic heterocycles. The van der Waals surface area contributed by atoms with Crippen LogP contribution in [0.3, 0.4) is 0 Å². The first kappa shape index (κ1) is 17.2. The molecule has 0 N–H and O–H groups in total. The van der Waals surface area contributed by atoms with E-state index in [1.165, 1.54) is 17.0 Å². The number of halogens is 1. The number of carbonyl (C=O) groups is 1. The molecule has 1 aliphatic rings. The number of rotatable bonds is 2. The zero-order valence-corrected chi connectivity index (χ0v) is 15.3. The Labute approximate surface area is 164 Å². The Morgan fingerprint density at radius 3 is 2.62 bits per heavy atom. The number of benzene rings is 1. The Balaban J connectivity index is 1.84. The van der Waals surface area contributed by atoms with E-state index in [4.69, 9.17) is 4.42 Å². The van der Waals surface area contributed by atoms with Crippen molar-refractivity contribution in [3.8, 4) is 0 Å². The van der Waals surface area contributed by atoms with E-state index in [9.17, 15) is 14.0 Å². The zero-order chi connectivity index (χ0) is 20.1. The van der Waals surface area contributed by atoms with Crippen molar-refractivity contribution in [2.75, 3.05) is 4.90 Å². The highest BCUT2D eigenvalue weighted by Crippen LogP contribution is 2.40. The van der Waals surface area contributed by atoms with E-state index in [1.54, 1.807) is 36.7 Å². The number of aryl methyl sites for hydroxylation is 1. The molecule has 6 nitrogen and oxygen atoms in total. The molecule has 0 unspecified atom stereocenters. The fraction of sp³-hybridized carbons (Fsp3) is 0.0909. The van der Waals surface area contributed by atoms with Crippen LogP contribution in [0.5, 0.6) is 0 Å². The molecule has 0 radical (unpaired) electrons. The largest absolute Gasteiger partial charge is 0.450 e. The lowest BCUT2D eigenvalue weighted by atomic mass is 9.99. The summed E-state index contributed by atoms with van der Waals surface area (Å²) in [5.74, 6) is -0.674. The van der Waals surface area contributed by atoms with Gasteiger partial charge < -0.3 is 4.42 Å². The van der Waals surface area contributed by atoms with Gasteiger partial charge in [-0.15, -0.1) is 0 Å². The first-order chi connectivity index (χ1) is 14.0. The average Bonchev–Trinajstić information content (AvgIpc) is 3.02. The SMILES string of the molecule is Cc1cccc(N2C(=O)c3oc4ccc(F)cc4c(=O)c3[C@@H]2c2ccncc2)n1. The van der Waals surface area contributed by atoms with Crippen LogP contribution in [0, 0.1) is 12.7 Å². The van der Waals surface area contributed by atoms with Crippen LogP contribution < -0.4 is 10.3 Å². The molecular weight excluding hydrogens is 373 g/mol. The van der Waals surface area contributed by atoms with E-state index in [0.29, 0.717) is 11.4 Å². The summed E-state index contributed by atoms with van der Waals surface area (Å²) < 4.78 is 19.6. The number of aromatic nitrogens is 2. The van der Waals surface area contributed by atoms with Crippen molar-refractivity contribution in [2.24, 2.45) is 0 Å². The predicted octanol–water partition coefficient (Wildman–Crippen LogP) is 3.78. The van der Waals surface area contributed by atoms with Gasteiger partial charge in [-0.25, -0.2) is 9.37 Å². The summed E-state index contributed by atoms with van der Waals surface area (Å²) in [4.78, 5) is 36.5. The molecule has 0 saturated carbocycles. The predicted molar refractivity (Wildman–Crippen MR) is 104 cm³/mol. The molecule has 0 spiro atoms. The molecule has 1 aromatic carbocycles. The van der Waals surface area contributed by atoms with Gasteiger partial charge in [0.25, 0.3) is 5.91 Å². The third kappa shape index (κ3) is 2.62. The minimum absolute atomic E-state index is 0.0563. The quantitative estimate of drug-likeness (QED) is 0.523. The van der Waals surface area contributed by atoms with Crippen LogP contribution in [-0.4, -0.2) is 15.9 Å². The van der Waals surface area contributed by atoms with Gasteiger partial charge in [0.05, 0.1) is 17.0 Å². The maximum Gasteiger partial charge on any atom is 0.296 e. The molecule has 4 aromatic rings. The molecule has 7 heteroatoms. The molecule has 5 rings (SSSR count). The Bertz CT molecular complexity index is 1330. The maximum absolute atomic E-state index is 13.8. The smallest absolute Gasteiger partial charge is 0.296 e. The van der Waals surface area contributed by atoms with Crippen LogP contribution in [0.25, 0.3) is 11.0 Å². The monoisotopic (exact) mass is 387 g/mol. The number of pyridine rings is 2. The van der Waals surface area contributed by atoms with Gasteiger partial charge >= 0.3 is 0 Å². The van der Waals surface area contributed by atoms with E-state index < -0.39 is 23.2 Å². The second kappa shape index (κ2) is 6.34. The van der Waals surface area contributed by atoms with Crippen molar-refractivity contribution in [1.82, 2.24) is 9.97 Å². The Morgan fingerprint density at radius 1 is 1.07 bits per heavy atom. The van der Waals surface area contributed by atoms with Crippen molar-refractivity contribution >= 4 is 22.7 Å². The first-order valence-electron chi connectivity index (χ1n) is 8.98. The molecule has 1 aliphatic heterocycles. The lowest BCUT2D eigenvalue weighted by molar-refractivity contribution is 0.0970. The molecule has 0 aliphatic carbocycles. The van der Waals surface area contributed by atoms with E-state index >= 15 is 0 Å². The van der Waals surface area contributed by atoms with Crippen molar-refractivity contribution < 1.29 is 13.6 Å². The van der Waals surface area contributed by atoms with E-state index in [0.717, 1.165) is 11.8 Å². The van der Waals surface area contributed by atoms with E-state index in [-0.39, 0.29) is 22.3 Å². The van der Waals surface area contributed by atoms with Crippen molar-refractivity contribution in [3.05, 3.63) is 99.5 Å². The summed E-state index contributed by atoms with van der Waals surface area (Å²) in [6.07, 6.45) is 3.17. The third-order valence-electron chi connectivity index (χ3n) is 4.97.